The predicted octanol–water partition coefficient (Wildman–Crippen LogP) is 40.9. The van der Waals surface area contributed by atoms with Crippen LogP contribution in [0.2, 0.25) is 0 Å². The molecular formula is C140H106F6N4. The van der Waals surface area contributed by atoms with Crippen LogP contribution in [0.1, 0.15) is 66.8 Å². The minimum Gasteiger partial charge on any atom is -0.310 e. The highest BCUT2D eigenvalue weighted by atomic mass is 19.1. The Morgan fingerprint density at radius 1 is 0.133 bits per heavy atom. The normalized spacial score (nSPS) is 11.5. The number of aryl methyl sites for hydroxylation is 12. The fraction of sp³-hybridized carbons (Fsp3) is 0.0857. The molecule has 0 saturated heterocycles. The van der Waals surface area contributed by atoms with Crippen molar-refractivity contribution < 1.29 is 26.3 Å². The van der Waals surface area contributed by atoms with Gasteiger partial charge in [-0.05, 0) is 373 Å². The van der Waals surface area contributed by atoms with E-state index in [1.807, 2.05) is 119 Å². The summed E-state index contributed by atoms with van der Waals surface area (Å²) in [6.45, 7) is 25.4. The van der Waals surface area contributed by atoms with Crippen LogP contribution in [0.25, 0.3) is 154 Å². The molecule has 24 aromatic rings. The lowest BCUT2D eigenvalue weighted by Crippen LogP contribution is -2.14. The maximum Gasteiger partial charge on any atom is 0.147 e. The van der Waals surface area contributed by atoms with E-state index < -0.39 is 23.3 Å². The monoisotopic (exact) mass is 1960 g/mol. The molecular weight excluding hydrogens is 1850 g/mol. The van der Waals surface area contributed by atoms with Crippen LogP contribution >= 0.6 is 0 Å². The summed E-state index contributed by atoms with van der Waals surface area (Å²) in [5, 5.41) is 11.5. The number of benzene rings is 24. The lowest BCUT2D eigenvalue weighted by atomic mass is 9.91. The standard InChI is InChI=1S/C72H58F2N2.C68H48F4N2/c1-43-23-44(2)28-53(27-43)57-35-58(54-29-45(3)24-46(4)30-54)38-65(37-57)75(63-13-9-11-61(73)41-63)69-21-17-51-16-20-68-70(22-18-52-15-19-67(69)71(51)72(52)68)76(64-14-10-12-62(74)42-64)66-39-59(55-31-47(5)25-48(6)32-55)36-60(40-66)56-33-49(7)26-50(8)34-56;1-41-9-5-13-47(29-41)51-33-52(48-14-6-10-42(2)30-48)36-57(35-51)73(65-39-55(69)21-25-61(65)71)63-27-19-45-18-24-60-64(28-20-46-17-23-59(63)67(45)68(46)60)74(66-40-56(70)22-26-62(66)72)58-37-53(49-15-7-11-43(3)31-49)34-54(38-58)50-16-8-12-44(4)32-50/h9-42H,1-8H3;5-40H,1-4H3. The van der Waals surface area contributed by atoms with Crippen molar-refractivity contribution >= 4 is 133 Å². The van der Waals surface area contributed by atoms with E-state index in [1.54, 1.807) is 24.3 Å². The smallest absolute Gasteiger partial charge is 0.147 e. The van der Waals surface area contributed by atoms with Crippen LogP contribution in [-0.2, 0) is 0 Å². The van der Waals surface area contributed by atoms with Gasteiger partial charge in [0.1, 0.15) is 34.9 Å². The largest absolute Gasteiger partial charge is 0.310 e. The molecule has 0 fully saturated rings. The molecule has 0 spiro atoms. The first-order chi connectivity index (χ1) is 72.6. The third kappa shape index (κ3) is 18.8. The summed E-state index contributed by atoms with van der Waals surface area (Å²) in [5.41, 5.74) is 37.9. The van der Waals surface area contributed by atoms with E-state index in [0.717, 1.165) is 211 Å². The lowest BCUT2D eigenvalue weighted by molar-refractivity contribution is 0.601. The van der Waals surface area contributed by atoms with Gasteiger partial charge in [0, 0.05) is 67.8 Å². The van der Waals surface area contributed by atoms with Gasteiger partial charge in [0.2, 0.25) is 0 Å². The van der Waals surface area contributed by atoms with Crippen LogP contribution in [0.4, 0.5) is 94.6 Å². The van der Waals surface area contributed by atoms with Crippen molar-refractivity contribution in [1.82, 2.24) is 0 Å². The second-order valence-electron chi connectivity index (χ2n) is 40.7. The van der Waals surface area contributed by atoms with E-state index in [9.17, 15) is 0 Å². The van der Waals surface area contributed by atoms with Crippen molar-refractivity contribution in [3.8, 4) is 89.0 Å². The van der Waals surface area contributed by atoms with E-state index in [4.69, 9.17) is 0 Å². The van der Waals surface area contributed by atoms with Crippen molar-refractivity contribution in [2.45, 2.75) is 83.1 Å². The average Bonchev–Trinajstić information content (AvgIpc) is 0.720. The minimum atomic E-state index is -0.594. The van der Waals surface area contributed by atoms with Crippen molar-refractivity contribution in [2.24, 2.45) is 0 Å². The Balaban J connectivity index is 0.000000164. The molecule has 4 nitrogen and oxygen atoms in total. The molecule has 0 aliphatic carbocycles. The molecule has 0 saturated carbocycles. The highest BCUT2D eigenvalue weighted by Gasteiger charge is 2.31. The van der Waals surface area contributed by atoms with Crippen LogP contribution < -0.4 is 19.6 Å². The molecule has 24 aromatic carbocycles. The van der Waals surface area contributed by atoms with Crippen LogP contribution in [0.5, 0.6) is 0 Å². The Hall–Kier alpha value is -17.9. The molecule has 0 aliphatic heterocycles. The van der Waals surface area contributed by atoms with Crippen LogP contribution in [0, 0.1) is 118 Å². The molecule has 0 unspecified atom stereocenters. The molecule has 10 heteroatoms. The number of hydrogen-bond donors (Lipinski definition) is 0. The number of anilines is 12. The zero-order valence-corrected chi connectivity index (χ0v) is 85.5. The molecule has 0 aromatic heterocycles. The van der Waals surface area contributed by atoms with E-state index in [0.29, 0.717) is 34.1 Å². The summed E-state index contributed by atoms with van der Waals surface area (Å²) in [5.74, 6) is -2.98. The molecule has 24 rings (SSSR count). The summed E-state index contributed by atoms with van der Waals surface area (Å²) >= 11 is 0. The molecule has 728 valence electrons. The number of halogens is 6. The second-order valence-corrected chi connectivity index (χ2v) is 40.7. The van der Waals surface area contributed by atoms with E-state index >= 15 is 26.3 Å². The molecule has 0 amide bonds. The topological polar surface area (TPSA) is 13.0 Å². The minimum absolute atomic E-state index is 0.0444. The molecule has 0 radical (unpaired) electrons. The van der Waals surface area contributed by atoms with Crippen LogP contribution in [-0.4, -0.2) is 0 Å². The highest BCUT2D eigenvalue weighted by Crippen LogP contribution is 2.55. The van der Waals surface area contributed by atoms with Crippen LogP contribution in [0.15, 0.2) is 425 Å². The first-order valence-electron chi connectivity index (χ1n) is 50.9. The molecule has 0 N–H and O–H groups in total. The Labute approximate surface area is 871 Å². The Bertz CT molecular complexity index is 8610. The van der Waals surface area contributed by atoms with E-state index in [-0.39, 0.29) is 23.0 Å². The maximum atomic E-state index is 16.7. The molecule has 150 heavy (non-hydrogen) atoms. The Morgan fingerprint density at radius 2 is 0.340 bits per heavy atom. The van der Waals surface area contributed by atoms with Gasteiger partial charge >= 0.3 is 0 Å². The number of rotatable bonds is 20. The van der Waals surface area contributed by atoms with Gasteiger partial charge < -0.3 is 19.6 Å². The quantitative estimate of drug-likeness (QED) is 0.0557. The van der Waals surface area contributed by atoms with E-state index in [1.165, 1.54) is 80.9 Å². The maximum absolute atomic E-state index is 16.7. The summed E-state index contributed by atoms with van der Waals surface area (Å²) in [4.78, 5) is 8.09. The summed E-state index contributed by atoms with van der Waals surface area (Å²) in [6.07, 6.45) is 0. The molecule has 0 aliphatic rings. The first-order valence-corrected chi connectivity index (χ1v) is 50.9. The molecule has 0 heterocycles. The zero-order valence-electron chi connectivity index (χ0n) is 85.5. The zero-order chi connectivity index (χ0) is 103. The van der Waals surface area contributed by atoms with Crippen molar-refractivity contribution in [3.63, 3.8) is 0 Å². The highest BCUT2D eigenvalue weighted by molar-refractivity contribution is 6.30. The van der Waals surface area contributed by atoms with Gasteiger partial charge in [0.15, 0.2) is 0 Å². The SMILES string of the molecule is Cc1cc(C)cc(-c2cc(-c3cc(C)cc(C)c3)cc(N(c3cccc(F)c3)c3ccc4ccc5c(N(c6cccc(F)c6)c6cc(-c7cc(C)cc(C)c7)cc(-c7cc(C)cc(C)c7)c6)ccc6ccc3c4c65)c2)c1.Cc1cccc(-c2cc(-c3cccc(C)c3)cc(N(c3cc(F)ccc3F)c3ccc4ccc5c(N(c6cc(-c7cccc(C)c7)cc(-c7cccc(C)c7)c6)c6cc(F)ccc6F)ccc6ccc3c4c65)c2)c1. The van der Waals surface area contributed by atoms with Crippen molar-refractivity contribution in [1.29, 1.82) is 0 Å². The van der Waals surface area contributed by atoms with Gasteiger partial charge in [0.05, 0.1) is 34.1 Å². The van der Waals surface area contributed by atoms with Gasteiger partial charge in [-0.15, -0.1) is 0 Å². The number of nitrogens with zero attached hydrogens (tertiary/aromatic N) is 4. The summed E-state index contributed by atoms with van der Waals surface area (Å²) in [7, 11) is 0. The Kier molecular flexibility index (Phi) is 25.0. The second kappa shape index (κ2) is 39.2. The lowest BCUT2D eigenvalue weighted by Gasteiger charge is -2.30. The fourth-order valence-electron chi connectivity index (χ4n) is 22.7. The fourth-order valence-corrected chi connectivity index (χ4v) is 22.7. The van der Waals surface area contributed by atoms with E-state index in [2.05, 4.69) is 336 Å². The third-order valence-corrected chi connectivity index (χ3v) is 29.0. The molecule has 0 bridgehead atoms. The Morgan fingerprint density at radius 3 is 0.587 bits per heavy atom. The van der Waals surface area contributed by atoms with Gasteiger partial charge in [-0.25, -0.2) is 26.3 Å². The van der Waals surface area contributed by atoms with Crippen LogP contribution in [0.3, 0.4) is 0 Å². The number of hydrogen-bond acceptors (Lipinski definition) is 4. The third-order valence-electron chi connectivity index (χ3n) is 29.0. The first kappa shape index (κ1) is 95.6. The predicted molar refractivity (Wildman–Crippen MR) is 619 cm³/mol. The summed E-state index contributed by atoms with van der Waals surface area (Å²) < 4.78 is 96.2. The van der Waals surface area contributed by atoms with Crippen molar-refractivity contribution in [2.75, 3.05) is 19.6 Å². The van der Waals surface area contributed by atoms with Crippen molar-refractivity contribution in [3.05, 3.63) is 526 Å². The molecule has 0 atom stereocenters. The summed E-state index contributed by atoms with van der Waals surface area (Å²) in [6, 6.07) is 141. The average molecular weight is 1960 g/mol. The van der Waals surface area contributed by atoms with Gasteiger partial charge in [-0.2, -0.15) is 0 Å². The van der Waals surface area contributed by atoms with Gasteiger partial charge in [0.25, 0.3) is 0 Å². The van der Waals surface area contributed by atoms with Gasteiger partial charge in [-0.1, -0.05) is 322 Å². The van der Waals surface area contributed by atoms with Gasteiger partial charge in [-0.3, -0.25) is 0 Å².